The summed E-state index contributed by atoms with van der Waals surface area (Å²) >= 11 is 0. The quantitative estimate of drug-likeness (QED) is 0.0871. The van der Waals surface area contributed by atoms with Crippen LogP contribution in [0.4, 0.5) is 0 Å². The van der Waals surface area contributed by atoms with Crippen molar-refractivity contribution in [3.8, 4) is 0 Å². The molecule has 0 aliphatic heterocycles. The summed E-state index contributed by atoms with van der Waals surface area (Å²) < 4.78 is 15.6. The molecule has 0 radical (unpaired) electrons. The first-order valence-corrected chi connectivity index (χ1v) is 13.9. The first-order valence-electron chi connectivity index (χ1n) is 13.9. The minimum atomic E-state index is -2.85. The molecule has 0 aromatic rings. The zero-order chi connectivity index (χ0) is 28.1. The van der Waals surface area contributed by atoms with Crippen LogP contribution in [0.3, 0.4) is 0 Å². The SMILES string of the molecule is CCCCCCOC(=O)CC(O)(C(=O)OCCCCCC)C(C(=O)CC(C)=O)C(=O)OCCCCCC. The summed E-state index contributed by atoms with van der Waals surface area (Å²) in [5, 5.41) is 11.4. The van der Waals surface area contributed by atoms with Crippen molar-refractivity contribution >= 4 is 29.5 Å². The van der Waals surface area contributed by atoms with Gasteiger partial charge >= 0.3 is 17.9 Å². The van der Waals surface area contributed by atoms with Crippen molar-refractivity contribution in [3.63, 3.8) is 0 Å². The maximum absolute atomic E-state index is 13.1. The third kappa shape index (κ3) is 14.9. The van der Waals surface area contributed by atoms with Crippen LogP contribution in [0.5, 0.6) is 0 Å². The molecule has 0 fully saturated rings. The predicted octanol–water partition coefficient (Wildman–Crippen LogP) is 4.64. The van der Waals surface area contributed by atoms with Crippen molar-refractivity contribution in [3.05, 3.63) is 0 Å². The van der Waals surface area contributed by atoms with E-state index >= 15 is 0 Å². The molecule has 0 bridgehead atoms. The summed E-state index contributed by atoms with van der Waals surface area (Å²) in [6.07, 6.45) is 8.18. The second kappa shape index (κ2) is 20.7. The topological polar surface area (TPSA) is 133 Å². The lowest BCUT2D eigenvalue weighted by molar-refractivity contribution is -0.188. The van der Waals surface area contributed by atoms with Gasteiger partial charge < -0.3 is 19.3 Å². The lowest BCUT2D eigenvalue weighted by atomic mass is 9.80. The molecular weight excluding hydrogens is 480 g/mol. The fourth-order valence-electron chi connectivity index (χ4n) is 3.82. The summed E-state index contributed by atoms with van der Waals surface area (Å²) in [7, 11) is 0. The van der Waals surface area contributed by atoms with E-state index in [0.717, 1.165) is 64.7 Å². The number of hydrogen-bond donors (Lipinski definition) is 1. The highest BCUT2D eigenvalue weighted by atomic mass is 16.6. The van der Waals surface area contributed by atoms with Crippen LogP contribution in [0.2, 0.25) is 0 Å². The number of Topliss-reactive ketones (excluding diaryl/α,β-unsaturated/α-hetero) is 2. The van der Waals surface area contributed by atoms with Crippen molar-refractivity contribution in [1.29, 1.82) is 0 Å². The van der Waals surface area contributed by atoms with Crippen LogP contribution in [0.15, 0.2) is 0 Å². The summed E-state index contributed by atoms with van der Waals surface area (Å²) in [5.74, 6) is -7.04. The van der Waals surface area contributed by atoms with Gasteiger partial charge in [0.15, 0.2) is 17.3 Å². The molecule has 0 aliphatic rings. The number of ether oxygens (including phenoxy) is 3. The third-order valence-corrected chi connectivity index (χ3v) is 5.96. The fraction of sp³-hybridized carbons (Fsp3) is 0.821. The van der Waals surface area contributed by atoms with Gasteiger partial charge in [0.25, 0.3) is 0 Å². The normalized spacial score (nSPS) is 13.3. The van der Waals surface area contributed by atoms with Gasteiger partial charge in [0.05, 0.1) is 32.7 Å². The molecule has 0 aromatic carbocycles. The lowest BCUT2D eigenvalue weighted by Crippen LogP contribution is -2.55. The molecule has 0 saturated carbocycles. The van der Waals surface area contributed by atoms with Crippen LogP contribution < -0.4 is 0 Å². The minimum Gasteiger partial charge on any atom is -0.466 e. The summed E-state index contributed by atoms with van der Waals surface area (Å²) in [5.41, 5.74) is -2.85. The number of carbonyl (C=O) groups is 5. The number of esters is 3. The molecule has 0 saturated heterocycles. The molecule has 9 nitrogen and oxygen atoms in total. The van der Waals surface area contributed by atoms with Gasteiger partial charge in [0.2, 0.25) is 0 Å². The molecule has 214 valence electrons. The van der Waals surface area contributed by atoms with E-state index in [-0.39, 0.29) is 19.8 Å². The van der Waals surface area contributed by atoms with E-state index in [4.69, 9.17) is 14.2 Å². The van der Waals surface area contributed by atoms with Gasteiger partial charge in [-0.15, -0.1) is 0 Å². The molecule has 0 aliphatic carbocycles. The Morgan fingerprint density at radius 2 is 1.14 bits per heavy atom. The number of ketones is 2. The van der Waals surface area contributed by atoms with Gasteiger partial charge in [-0.25, -0.2) is 4.79 Å². The fourth-order valence-corrected chi connectivity index (χ4v) is 3.82. The van der Waals surface area contributed by atoms with Crippen molar-refractivity contribution in [2.75, 3.05) is 19.8 Å². The highest BCUT2D eigenvalue weighted by molar-refractivity contribution is 6.11. The Kier molecular flexibility index (Phi) is 19.4. The molecule has 0 spiro atoms. The van der Waals surface area contributed by atoms with Crippen LogP contribution in [0, 0.1) is 5.92 Å². The second-order valence-electron chi connectivity index (χ2n) is 9.59. The van der Waals surface area contributed by atoms with Gasteiger partial charge in [-0.2, -0.15) is 0 Å². The van der Waals surface area contributed by atoms with Crippen LogP contribution in [-0.4, -0.2) is 60.0 Å². The van der Waals surface area contributed by atoms with Crippen molar-refractivity contribution in [2.45, 2.75) is 123 Å². The van der Waals surface area contributed by atoms with Crippen LogP contribution in [0.25, 0.3) is 0 Å². The van der Waals surface area contributed by atoms with Crippen molar-refractivity contribution < 1.29 is 43.3 Å². The zero-order valence-electron chi connectivity index (χ0n) is 23.3. The highest BCUT2D eigenvalue weighted by Gasteiger charge is 2.55. The van der Waals surface area contributed by atoms with E-state index in [1.165, 1.54) is 0 Å². The number of rotatable bonds is 23. The minimum absolute atomic E-state index is 0.0211. The molecule has 0 heterocycles. The number of carbonyl (C=O) groups excluding carboxylic acids is 5. The first-order chi connectivity index (χ1) is 17.6. The average Bonchev–Trinajstić information content (AvgIpc) is 2.83. The predicted molar refractivity (Wildman–Crippen MR) is 139 cm³/mol. The Morgan fingerprint density at radius 3 is 1.59 bits per heavy atom. The van der Waals surface area contributed by atoms with Gasteiger partial charge in [-0.3, -0.25) is 19.2 Å². The molecule has 2 atom stereocenters. The Labute approximate surface area is 222 Å². The van der Waals surface area contributed by atoms with E-state index in [0.29, 0.717) is 19.3 Å². The van der Waals surface area contributed by atoms with E-state index in [9.17, 15) is 29.1 Å². The Bertz CT molecular complexity index is 704. The molecular formula is C28H48O9. The van der Waals surface area contributed by atoms with Gasteiger partial charge in [0, 0.05) is 0 Å². The van der Waals surface area contributed by atoms with E-state index in [2.05, 4.69) is 0 Å². The Hall–Kier alpha value is -2.29. The van der Waals surface area contributed by atoms with E-state index in [1.807, 2.05) is 20.8 Å². The van der Waals surface area contributed by atoms with Gasteiger partial charge in [0.1, 0.15) is 5.78 Å². The van der Waals surface area contributed by atoms with Crippen molar-refractivity contribution in [2.24, 2.45) is 5.92 Å². The van der Waals surface area contributed by atoms with Crippen molar-refractivity contribution in [1.82, 2.24) is 0 Å². The Morgan fingerprint density at radius 1 is 0.676 bits per heavy atom. The lowest BCUT2D eigenvalue weighted by Gasteiger charge is -2.31. The van der Waals surface area contributed by atoms with E-state index < -0.39 is 53.8 Å². The van der Waals surface area contributed by atoms with Crippen LogP contribution >= 0.6 is 0 Å². The first kappa shape index (κ1) is 34.7. The molecule has 0 rings (SSSR count). The average molecular weight is 529 g/mol. The number of hydrogen-bond acceptors (Lipinski definition) is 9. The summed E-state index contributed by atoms with van der Waals surface area (Å²) in [6.45, 7) is 7.26. The van der Waals surface area contributed by atoms with Crippen LogP contribution in [-0.2, 0) is 38.2 Å². The summed E-state index contributed by atoms with van der Waals surface area (Å²) in [4.78, 5) is 63.3. The van der Waals surface area contributed by atoms with E-state index in [1.54, 1.807) is 0 Å². The molecule has 37 heavy (non-hydrogen) atoms. The maximum Gasteiger partial charge on any atom is 0.340 e. The standard InChI is InChI=1S/C28H48O9/c1-5-8-11-14-17-35-24(31)21-28(34,27(33)37-19-16-13-10-7-3)25(23(30)20-22(4)29)26(32)36-18-15-12-9-6-2/h25,34H,5-21H2,1-4H3. The zero-order valence-corrected chi connectivity index (χ0v) is 23.3. The third-order valence-electron chi connectivity index (χ3n) is 5.96. The molecule has 2 unspecified atom stereocenters. The van der Waals surface area contributed by atoms with Gasteiger partial charge in [-0.05, 0) is 26.2 Å². The van der Waals surface area contributed by atoms with Gasteiger partial charge in [-0.1, -0.05) is 78.6 Å². The monoisotopic (exact) mass is 528 g/mol. The summed E-state index contributed by atoms with van der Waals surface area (Å²) in [6, 6.07) is 0. The second-order valence-corrected chi connectivity index (χ2v) is 9.59. The number of unbranched alkanes of at least 4 members (excludes halogenated alkanes) is 9. The highest BCUT2D eigenvalue weighted by Crippen LogP contribution is 2.29. The molecule has 9 heteroatoms. The maximum atomic E-state index is 13.1. The Balaban J connectivity index is 5.77. The number of aliphatic hydroxyl groups is 1. The molecule has 0 aromatic heterocycles. The molecule has 1 N–H and O–H groups in total. The molecule has 0 amide bonds. The largest absolute Gasteiger partial charge is 0.466 e. The van der Waals surface area contributed by atoms with Crippen LogP contribution in [0.1, 0.15) is 118 Å². The smallest absolute Gasteiger partial charge is 0.340 e.